The third-order valence-electron chi connectivity index (χ3n) is 5.01. The van der Waals surface area contributed by atoms with Crippen molar-refractivity contribution in [2.75, 3.05) is 25.0 Å². The number of nitrogens with one attached hydrogen (secondary N) is 1. The Bertz CT molecular complexity index is 916. The molecule has 0 bridgehead atoms. The lowest BCUT2D eigenvalue weighted by Crippen LogP contribution is -2.35. The molecule has 1 aliphatic heterocycles. The first-order valence-corrected chi connectivity index (χ1v) is 11.4. The molecule has 156 valence electrons. The van der Waals surface area contributed by atoms with E-state index in [1.165, 1.54) is 22.0 Å². The van der Waals surface area contributed by atoms with E-state index in [0.717, 1.165) is 19.3 Å². The molecule has 0 unspecified atom stereocenters. The predicted molar refractivity (Wildman–Crippen MR) is 114 cm³/mol. The second kappa shape index (κ2) is 9.41. The molecule has 0 saturated carbocycles. The number of carbonyl (C=O) groups is 1. The van der Waals surface area contributed by atoms with E-state index < -0.39 is 10.0 Å². The Balaban J connectivity index is 1.53. The molecule has 6 nitrogen and oxygen atoms in total. The quantitative estimate of drug-likeness (QED) is 0.740. The summed E-state index contributed by atoms with van der Waals surface area (Å²) in [5, 5.41) is 2.79. The molecule has 0 spiro atoms. The monoisotopic (exact) mass is 416 g/mol. The molecular weight excluding hydrogens is 388 g/mol. The van der Waals surface area contributed by atoms with Crippen LogP contribution in [0.25, 0.3) is 0 Å². The molecule has 2 aromatic carbocycles. The van der Waals surface area contributed by atoms with Crippen molar-refractivity contribution in [1.82, 2.24) is 4.31 Å². The van der Waals surface area contributed by atoms with Gasteiger partial charge in [0.15, 0.2) is 6.61 Å². The van der Waals surface area contributed by atoms with Crippen LogP contribution >= 0.6 is 0 Å². The van der Waals surface area contributed by atoms with Crippen LogP contribution in [0.4, 0.5) is 5.69 Å². The van der Waals surface area contributed by atoms with Crippen molar-refractivity contribution in [3.05, 3.63) is 54.1 Å². The van der Waals surface area contributed by atoms with Crippen molar-refractivity contribution in [3.63, 3.8) is 0 Å². The first-order valence-electron chi connectivity index (χ1n) is 9.99. The average molecular weight is 417 g/mol. The van der Waals surface area contributed by atoms with Gasteiger partial charge >= 0.3 is 0 Å². The number of ether oxygens (including phenoxy) is 1. The van der Waals surface area contributed by atoms with Crippen molar-refractivity contribution in [3.8, 4) is 5.75 Å². The maximum absolute atomic E-state index is 12.7. The fourth-order valence-electron chi connectivity index (χ4n) is 3.26. The molecule has 1 amide bonds. The number of amides is 1. The number of hydrogen-bond acceptors (Lipinski definition) is 4. The number of hydrogen-bond donors (Lipinski definition) is 1. The maximum Gasteiger partial charge on any atom is 0.262 e. The number of rotatable bonds is 7. The molecule has 1 N–H and O–H groups in total. The van der Waals surface area contributed by atoms with E-state index in [-0.39, 0.29) is 17.4 Å². The molecule has 1 saturated heterocycles. The van der Waals surface area contributed by atoms with Crippen molar-refractivity contribution < 1.29 is 17.9 Å². The first-order chi connectivity index (χ1) is 13.9. The predicted octanol–water partition coefficient (Wildman–Crippen LogP) is 4.00. The normalized spacial score (nSPS) is 15.3. The Morgan fingerprint density at radius 2 is 1.62 bits per heavy atom. The Morgan fingerprint density at radius 3 is 2.21 bits per heavy atom. The first kappa shape index (κ1) is 21.3. The number of piperidine rings is 1. The lowest BCUT2D eigenvalue weighted by molar-refractivity contribution is -0.118. The van der Waals surface area contributed by atoms with Gasteiger partial charge in [0.1, 0.15) is 5.75 Å². The second-order valence-corrected chi connectivity index (χ2v) is 9.49. The van der Waals surface area contributed by atoms with Gasteiger partial charge in [-0.1, -0.05) is 32.4 Å². The third-order valence-corrected chi connectivity index (χ3v) is 6.92. The number of benzene rings is 2. The smallest absolute Gasteiger partial charge is 0.262 e. The van der Waals surface area contributed by atoms with Crippen LogP contribution in [0.2, 0.25) is 0 Å². The summed E-state index contributed by atoms with van der Waals surface area (Å²) >= 11 is 0. The fourth-order valence-corrected chi connectivity index (χ4v) is 4.78. The highest BCUT2D eigenvalue weighted by Crippen LogP contribution is 2.23. The van der Waals surface area contributed by atoms with E-state index in [0.29, 0.717) is 30.4 Å². The van der Waals surface area contributed by atoms with Crippen LogP contribution in [0, 0.1) is 0 Å². The van der Waals surface area contributed by atoms with E-state index >= 15 is 0 Å². The Labute approximate surface area is 172 Å². The summed E-state index contributed by atoms with van der Waals surface area (Å²) in [6, 6.07) is 13.9. The highest BCUT2D eigenvalue weighted by molar-refractivity contribution is 7.89. The molecule has 0 atom stereocenters. The minimum Gasteiger partial charge on any atom is -0.484 e. The molecule has 1 heterocycles. The zero-order valence-electron chi connectivity index (χ0n) is 16.9. The fraction of sp³-hybridized carbons (Fsp3) is 0.409. The SMILES string of the molecule is CC(C)c1ccc(NC(=O)COc2ccc(S(=O)(=O)N3CCCCC3)cc2)cc1. The van der Waals surface area contributed by atoms with E-state index in [4.69, 9.17) is 4.74 Å². The number of carbonyl (C=O) groups excluding carboxylic acids is 1. The average Bonchev–Trinajstić information content (AvgIpc) is 2.73. The minimum absolute atomic E-state index is 0.149. The zero-order valence-corrected chi connectivity index (χ0v) is 17.7. The van der Waals surface area contributed by atoms with Gasteiger partial charge in [0.2, 0.25) is 10.0 Å². The topological polar surface area (TPSA) is 75.7 Å². The highest BCUT2D eigenvalue weighted by Gasteiger charge is 2.25. The van der Waals surface area contributed by atoms with Crippen LogP contribution in [0.3, 0.4) is 0 Å². The van der Waals surface area contributed by atoms with Crippen molar-refractivity contribution in [2.45, 2.75) is 43.9 Å². The minimum atomic E-state index is -3.46. The summed E-state index contributed by atoms with van der Waals surface area (Å²) in [7, 11) is -3.46. The molecule has 0 aliphatic carbocycles. The number of nitrogens with zero attached hydrogens (tertiary/aromatic N) is 1. The highest BCUT2D eigenvalue weighted by atomic mass is 32.2. The van der Waals surface area contributed by atoms with Crippen LogP contribution in [0.5, 0.6) is 5.75 Å². The van der Waals surface area contributed by atoms with Crippen LogP contribution in [-0.4, -0.2) is 38.3 Å². The Morgan fingerprint density at radius 1 is 1.00 bits per heavy atom. The molecule has 29 heavy (non-hydrogen) atoms. The van der Waals surface area contributed by atoms with E-state index in [2.05, 4.69) is 19.2 Å². The summed E-state index contributed by atoms with van der Waals surface area (Å²) in [6.45, 7) is 5.22. The molecule has 3 rings (SSSR count). The van der Waals surface area contributed by atoms with Gasteiger partial charge in [-0.25, -0.2) is 8.42 Å². The van der Waals surface area contributed by atoms with Gasteiger partial charge in [-0.3, -0.25) is 4.79 Å². The summed E-state index contributed by atoms with van der Waals surface area (Å²) in [4.78, 5) is 12.3. The maximum atomic E-state index is 12.7. The summed E-state index contributed by atoms with van der Waals surface area (Å²) in [5.74, 6) is 0.616. The van der Waals surface area contributed by atoms with Gasteiger partial charge in [0.05, 0.1) is 4.90 Å². The molecule has 0 aromatic heterocycles. The summed E-state index contributed by atoms with van der Waals surface area (Å²) in [5.41, 5.74) is 1.92. The molecule has 1 fully saturated rings. The van der Waals surface area contributed by atoms with Crippen LogP contribution < -0.4 is 10.1 Å². The second-order valence-electron chi connectivity index (χ2n) is 7.55. The molecule has 0 radical (unpaired) electrons. The van der Waals surface area contributed by atoms with E-state index in [9.17, 15) is 13.2 Å². The third kappa shape index (κ3) is 5.58. The largest absolute Gasteiger partial charge is 0.484 e. The van der Waals surface area contributed by atoms with Gasteiger partial charge in [-0.15, -0.1) is 0 Å². The van der Waals surface area contributed by atoms with Crippen LogP contribution in [0.15, 0.2) is 53.4 Å². The van der Waals surface area contributed by atoms with Gasteiger partial charge < -0.3 is 10.1 Å². The Kier molecular flexibility index (Phi) is 6.92. The molecule has 2 aromatic rings. The lowest BCUT2D eigenvalue weighted by atomic mass is 10.0. The van der Waals surface area contributed by atoms with Crippen molar-refractivity contribution in [1.29, 1.82) is 0 Å². The number of sulfonamides is 1. The Hall–Kier alpha value is -2.38. The zero-order chi connectivity index (χ0) is 20.9. The van der Waals surface area contributed by atoms with Crippen LogP contribution in [0.1, 0.15) is 44.6 Å². The van der Waals surface area contributed by atoms with Gasteiger partial charge in [-0.2, -0.15) is 4.31 Å². The lowest BCUT2D eigenvalue weighted by Gasteiger charge is -2.25. The summed E-state index contributed by atoms with van der Waals surface area (Å²) in [6.07, 6.45) is 2.87. The van der Waals surface area contributed by atoms with Gasteiger partial charge in [-0.05, 0) is 60.7 Å². The van der Waals surface area contributed by atoms with Gasteiger partial charge in [0.25, 0.3) is 5.91 Å². The molecule has 1 aliphatic rings. The van der Waals surface area contributed by atoms with Gasteiger partial charge in [0, 0.05) is 18.8 Å². The van der Waals surface area contributed by atoms with Crippen molar-refractivity contribution >= 4 is 21.6 Å². The standard InChI is InChI=1S/C22H28N2O4S/c1-17(2)18-6-8-19(9-7-18)23-22(25)16-28-20-10-12-21(13-11-20)29(26,27)24-14-4-3-5-15-24/h6-13,17H,3-5,14-16H2,1-2H3,(H,23,25). The number of anilines is 1. The molecular formula is C22H28N2O4S. The van der Waals surface area contributed by atoms with Crippen LogP contribution in [-0.2, 0) is 14.8 Å². The van der Waals surface area contributed by atoms with E-state index in [1.807, 2.05) is 24.3 Å². The molecule has 7 heteroatoms. The summed E-state index contributed by atoms with van der Waals surface area (Å²) < 4.78 is 32.3. The van der Waals surface area contributed by atoms with Crippen molar-refractivity contribution in [2.24, 2.45) is 0 Å². The van der Waals surface area contributed by atoms with E-state index in [1.54, 1.807) is 12.1 Å².